The normalized spacial score (nSPS) is 10.3. The van der Waals surface area contributed by atoms with Gasteiger partial charge in [0.2, 0.25) is 0 Å². The monoisotopic (exact) mass is 360 g/mol. The fourth-order valence-corrected chi connectivity index (χ4v) is 2.82. The van der Waals surface area contributed by atoms with Crippen LogP contribution in [0, 0.1) is 25.2 Å². The second-order valence-electron chi connectivity index (χ2n) is 6.10. The highest BCUT2D eigenvalue weighted by atomic mass is 16.5. The first kappa shape index (κ1) is 18.2. The van der Waals surface area contributed by atoms with Crippen LogP contribution in [-0.4, -0.2) is 22.3 Å². The number of hydrogen-bond donors (Lipinski definition) is 1. The van der Waals surface area contributed by atoms with E-state index in [1.165, 1.54) is 0 Å². The number of aromatic nitrogens is 2. The molecule has 6 heteroatoms. The summed E-state index contributed by atoms with van der Waals surface area (Å²) in [5.74, 6) is 0.259. The molecule has 27 heavy (non-hydrogen) atoms. The Morgan fingerprint density at radius 3 is 2.52 bits per heavy atom. The SMILES string of the molecule is CCOc1ccc(C#N)cc1NC(=O)c1ccc(-n2nc(C)cc2C)cc1. The Labute approximate surface area is 158 Å². The van der Waals surface area contributed by atoms with Gasteiger partial charge in [-0.05, 0) is 69.3 Å². The van der Waals surface area contributed by atoms with E-state index >= 15 is 0 Å². The lowest BCUT2D eigenvalue weighted by Crippen LogP contribution is -2.13. The molecule has 0 bridgehead atoms. The molecule has 1 amide bonds. The van der Waals surface area contributed by atoms with Crippen LogP contribution in [0.1, 0.15) is 34.2 Å². The van der Waals surface area contributed by atoms with Gasteiger partial charge in [0.1, 0.15) is 5.75 Å². The number of nitriles is 1. The van der Waals surface area contributed by atoms with Gasteiger partial charge in [-0.3, -0.25) is 4.79 Å². The maximum absolute atomic E-state index is 12.6. The maximum atomic E-state index is 12.6. The second-order valence-corrected chi connectivity index (χ2v) is 6.10. The lowest BCUT2D eigenvalue weighted by molar-refractivity contribution is 0.102. The van der Waals surface area contributed by atoms with Crippen molar-refractivity contribution in [3.8, 4) is 17.5 Å². The van der Waals surface area contributed by atoms with Gasteiger partial charge in [0.15, 0.2) is 0 Å². The minimum absolute atomic E-state index is 0.272. The summed E-state index contributed by atoms with van der Waals surface area (Å²) in [7, 11) is 0. The van der Waals surface area contributed by atoms with Crippen LogP contribution in [-0.2, 0) is 0 Å². The highest BCUT2D eigenvalue weighted by molar-refractivity contribution is 6.05. The van der Waals surface area contributed by atoms with E-state index in [1.54, 1.807) is 30.3 Å². The van der Waals surface area contributed by atoms with Gasteiger partial charge in [0.25, 0.3) is 5.91 Å². The quantitative estimate of drug-likeness (QED) is 0.745. The fraction of sp³-hybridized carbons (Fsp3) is 0.190. The zero-order valence-corrected chi connectivity index (χ0v) is 15.5. The molecule has 0 atom stereocenters. The third-order valence-electron chi connectivity index (χ3n) is 4.04. The van der Waals surface area contributed by atoms with E-state index in [0.29, 0.717) is 29.2 Å². The largest absolute Gasteiger partial charge is 0.492 e. The smallest absolute Gasteiger partial charge is 0.255 e. The van der Waals surface area contributed by atoms with Gasteiger partial charge in [0, 0.05) is 11.3 Å². The van der Waals surface area contributed by atoms with Gasteiger partial charge < -0.3 is 10.1 Å². The number of amides is 1. The molecule has 1 heterocycles. The van der Waals surface area contributed by atoms with Gasteiger partial charge in [-0.1, -0.05) is 0 Å². The van der Waals surface area contributed by atoms with Crippen molar-refractivity contribution in [2.75, 3.05) is 11.9 Å². The summed E-state index contributed by atoms with van der Waals surface area (Å²) in [5.41, 5.74) is 4.29. The molecule has 0 spiro atoms. The molecule has 2 aromatic carbocycles. The summed E-state index contributed by atoms with van der Waals surface area (Å²) < 4.78 is 7.36. The molecular formula is C21H20N4O2. The van der Waals surface area contributed by atoms with Crippen LogP contribution in [0.2, 0.25) is 0 Å². The minimum atomic E-state index is -0.272. The average Bonchev–Trinajstić information content (AvgIpc) is 3.01. The maximum Gasteiger partial charge on any atom is 0.255 e. The van der Waals surface area contributed by atoms with Crippen molar-refractivity contribution in [2.45, 2.75) is 20.8 Å². The van der Waals surface area contributed by atoms with Gasteiger partial charge in [0.05, 0.1) is 35.3 Å². The highest BCUT2D eigenvalue weighted by Gasteiger charge is 2.12. The Bertz CT molecular complexity index is 1010. The molecule has 0 radical (unpaired) electrons. The molecule has 3 rings (SSSR count). The summed E-state index contributed by atoms with van der Waals surface area (Å²) in [6.45, 7) is 6.25. The van der Waals surface area contributed by atoms with E-state index < -0.39 is 0 Å². The van der Waals surface area contributed by atoms with Crippen molar-refractivity contribution in [2.24, 2.45) is 0 Å². The summed E-state index contributed by atoms with van der Waals surface area (Å²) in [5, 5.41) is 16.4. The van der Waals surface area contributed by atoms with E-state index in [-0.39, 0.29) is 5.91 Å². The third-order valence-corrected chi connectivity index (χ3v) is 4.04. The zero-order chi connectivity index (χ0) is 19.4. The van der Waals surface area contributed by atoms with Crippen molar-refractivity contribution in [3.63, 3.8) is 0 Å². The fourth-order valence-electron chi connectivity index (χ4n) is 2.82. The number of nitrogens with one attached hydrogen (secondary N) is 1. The van der Waals surface area contributed by atoms with Crippen molar-refractivity contribution in [1.29, 1.82) is 5.26 Å². The standard InChI is InChI=1S/C21H20N4O2/c1-4-27-20-10-5-16(13-22)12-19(20)23-21(26)17-6-8-18(9-7-17)25-15(3)11-14(2)24-25/h5-12H,4H2,1-3H3,(H,23,26). The Hall–Kier alpha value is -3.59. The minimum Gasteiger partial charge on any atom is -0.492 e. The molecule has 1 aromatic heterocycles. The molecular weight excluding hydrogens is 340 g/mol. The molecule has 3 aromatic rings. The lowest BCUT2D eigenvalue weighted by atomic mass is 10.1. The number of hydrogen-bond acceptors (Lipinski definition) is 4. The molecule has 6 nitrogen and oxygen atoms in total. The van der Waals surface area contributed by atoms with E-state index in [4.69, 9.17) is 10.00 Å². The van der Waals surface area contributed by atoms with E-state index in [2.05, 4.69) is 16.5 Å². The zero-order valence-electron chi connectivity index (χ0n) is 15.5. The van der Waals surface area contributed by atoms with Crippen molar-refractivity contribution < 1.29 is 9.53 Å². The summed E-state index contributed by atoms with van der Waals surface area (Å²) in [4.78, 5) is 12.6. The number of carbonyl (C=O) groups excluding carboxylic acids is 1. The van der Waals surface area contributed by atoms with E-state index in [0.717, 1.165) is 17.1 Å². The van der Waals surface area contributed by atoms with Gasteiger partial charge in [-0.25, -0.2) is 4.68 Å². The number of rotatable bonds is 5. The summed E-state index contributed by atoms with van der Waals surface area (Å²) in [6, 6.07) is 16.2. The molecule has 1 N–H and O–H groups in total. The Morgan fingerprint density at radius 1 is 1.19 bits per heavy atom. The summed E-state index contributed by atoms with van der Waals surface area (Å²) in [6.07, 6.45) is 0. The molecule has 0 fully saturated rings. The van der Waals surface area contributed by atoms with Crippen LogP contribution in [0.3, 0.4) is 0 Å². The number of carbonyl (C=O) groups is 1. The molecule has 136 valence electrons. The Kier molecular flexibility index (Phi) is 5.23. The van der Waals surface area contributed by atoms with Crippen molar-refractivity contribution in [3.05, 3.63) is 71.0 Å². The highest BCUT2D eigenvalue weighted by Crippen LogP contribution is 2.26. The van der Waals surface area contributed by atoms with Crippen LogP contribution in [0.25, 0.3) is 5.69 Å². The average molecular weight is 360 g/mol. The number of anilines is 1. The number of aryl methyl sites for hydroxylation is 2. The number of ether oxygens (including phenoxy) is 1. The topological polar surface area (TPSA) is 79.9 Å². The molecule has 0 aliphatic heterocycles. The number of nitrogens with zero attached hydrogens (tertiary/aromatic N) is 3. The van der Waals surface area contributed by atoms with Crippen LogP contribution >= 0.6 is 0 Å². The van der Waals surface area contributed by atoms with Crippen LogP contribution in [0.5, 0.6) is 5.75 Å². The summed E-state index contributed by atoms with van der Waals surface area (Å²) >= 11 is 0. The van der Waals surface area contributed by atoms with Gasteiger partial charge >= 0.3 is 0 Å². The molecule has 0 aliphatic rings. The predicted octanol–water partition coefficient (Wildman–Crippen LogP) is 4.01. The second kappa shape index (κ2) is 7.75. The van der Waals surface area contributed by atoms with Crippen molar-refractivity contribution >= 4 is 11.6 Å². The predicted molar refractivity (Wildman–Crippen MR) is 103 cm³/mol. The Balaban J connectivity index is 1.83. The first-order valence-electron chi connectivity index (χ1n) is 8.64. The Morgan fingerprint density at radius 2 is 1.93 bits per heavy atom. The third kappa shape index (κ3) is 3.98. The molecule has 0 aliphatic carbocycles. The van der Waals surface area contributed by atoms with Gasteiger partial charge in [-0.2, -0.15) is 10.4 Å². The van der Waals surface area contributed by atoms with E-state index in [9.17, 15) is 4.79 Å². The van der Waals surface area contributed by atoms with Crippen molar-refractivity contribution in [1.82, 2.24) is 9.78 Å². The lowest BCUT2D eigenvalue weighted by Gasteiger charge is -2.12. The first-order chi connectivity index (χ1) is 13.0. The first-order valence-corrected chi connectivity index (χ1v) is 8.64. The number of benzene rings is 2. The van der Waals surface area contributed by atoms with Crippen LogP contribution in [0.15, 0.2) is 48.5 Å². The van der Waals surface area contributed by atoms with Gasteiger partial charge in [-0.15, -0.1) is 0 Å². The molecule has 0 unspecified atom stereocenters. The molecule has 0 saturated heterocycles. The molecule has 0 saturated carbocycles. The van der Waals surface area contributed by atoms with Crippen LogP contribution in [0.4, 0.5) is 5.69 Å². The van der Waals surface area contributed by atoms with Crippen LogP contribution < -0.4 is 10.1 Å². The van der Waals surface area contributed by atoms with E-state index in [1.807, 2.05) is 43.7 Å².